The average Bonchev–Trinajstić information content (AvgIpc) is 0.772. The number of hydrogen-bond donors (Lipinski definition) is 5. The van der Waals surface area contributed by atoms with Crippen molar-refractivity contribution in [3.8, 4) is 0 Å². The maximum atomic E-state index is 15.3. The third-order valence-electron chi connectivity index (χ3n) is 18.8. The first-order chi connectivity index (χ1) is 42.6. The maximum Gasteiger partial charge on any atom is 0.246 e. The molecule has 524 valence electrons. The third-order valence-corrected chi connectivity index (χ3v) is 18.8. The smallest absolute Gasteiger partial charge is 0.246 e. The molecule has 3 fully saturated rings. The van der Waals surface area contributed by atoms with E-state index in [1.54, 1.807) is 54.5 Å². The summed E-state index contributed by atoms with van der Waals surface area (Å²) in [6.07, 6.45) is 2.84. The van der Waals surface area contributed by atoms with Crippen molar-refractivity contribution in [1.82, 2.24) is 60.5 Å². The van der Waals surface area contributed by atoms with Gasteiger partial charge >= 0.3 is 0 Å². The molecule has 3 heterocycles. The van der Waals surface area contributed by atoms with Crippen LogP contribution in [0.5, 0.6) is 0 Å². The van der Waals surface area contributed by atoms with Crippen LogP contribution in [0.2, 0.25) is 0 Å². The molecule has 0 aromatic heterocycles. The van der Waals surface area contributed by atoms with Crippen molar-refractivity contribution >= 4 is 65.0 Å². The molecule has 25 nitrogen and oxygen atoms in total. The van der Waals surface area contributed by atoms with Crippen molar-refractivity contribution in [2.75, 3.05) is 82.2 Å². The van der Waals surface area contributed by atoms with E-state index in [0.29, 0.717) is 26.2 Å². The summed E-state index contributed by atoms with van der Waals surface area (Å²) in [5, 5.41) is 23.4. The van der Waals surface area contributed by atoms with Gasteiger partial charge in [0.15, 0.2) is 0 Å². The summed E-state index contributed by atoms with van der Waals surface area (Å²) in [7, 11) is 10.0. The Morgan fingerprint density at radius 3 is 1.42 bits per heavy atom. The van der Waals surface area contributed by atoms with Gasteiger partial charge in [-0.3, -0.25) is 52.7 Å². The van der Waals surface area contributed by atoms with Gasteiger partial charge in [0.25, 0.3) is 0 Å². The van der Waals surface area contributed by atoms with Crippen molar-refractivity contribution in [3.63, 3.8) is 0 Å². The first-order valence-electron chi connectivity index (χ1n) is 33.3. The van der Waals surface area contributed by atoms with Gasteiger partial charge in [0, 0.05) is 74.4 Å². The van der Waals surface area contributed by atoms with Crippen LogP contribution < -0.4 is 21.3 Å². The minimum absolute atomic E-state index is 0.00776. The van der Waals surface area contributed by atoms with Crippen LogP contribution in [0.1, 0.15) is 150 Å². The van der Waals surface area contributed by atoms with Crippen LogP contribution in [-0.2, 0) is 57.5 Å². The molecule has 11 amide bonds. The van der Waals surface area contributed by atoms with Crippen LogP contribution in [0.3, 0.4) is 0 Å². The van der Waals surface area contributed by atoms with Crippen LogP contribution in [0, 0.1) is 46.8 Å². The average molecular weight is 1300 g/mol. The fourth-order valence-electron chi connectivity index (χ4n) is 12.9. The number of amides is 11. The van der Waals surface area contributed by atoms with E-state index < -0.39 is 161 Å². The van der Waals surface area contributed by atoms with E-state index in [4.69, 9.17) is 4.74 Å². The zero-order chi connectivity index (χ0) is 70.5. The van der Waals surface area contributed by atoms with Crippen molar-refractivity contribution in [2.45, 2.75) is 222 Å². The summed E-state index contributed by atoms with van der Waals surface area (Å²) in [5.41, 5.74) is 0.0255. The lowest BCUT2D eigenvalue weighted by Gasteiger charge is -2.56. The fourth-order valence-corrected chi connectivity index (χ4v) is 12.9. The second-order valence-electron chi connectivity index (χ2n) is 28.9. The van der Waals surface area contributed by atoms with E-state index in [1.165, 1.54) is 99.5 Å². The zero-order valence-corrected chi connectivity index (χ0v) is 60.1. The van der Waals surface area contributed by atoms with Crippen LogP contribution in [0.4, 0.5) is 0 Å². The Labute approximate surface area is 549 Å². The standard InChI is InChI=1S/C67H118N12O13/c1-25-27-28-42(13)55(80)54-59(84)70-47(26-2)62(87)72(18)46(17)61(86)77(23)53(43(14)32-79-33-67(34-79)35-92-36-67)58(83)71-51(40(9)10)65(90)73(19)48(29-37(3)4)57(82)68-44(15)56(81)69-45(16)60(85)74(20)49(30-38(5)6)63(88)75(21)50(31-39(7)8)64(89)76(22)52(41(11)12)66(91)78(54)24/h25,27,37-55,80H,26,28-36H2,1-24H3,(H,68,82)(H,69,81)(H,70,84)(H,71,83)/b27-25+/t42-,43-,44+,45-,46-,47+,48+,49+,50+,51+,52+,53+,54+,55-/m1/s1. The summed E-state index contributed by atoms with van der Waals surface area (Å²) < 4.78 is 5.51. The molecule has 0 radical (unpaired) electrons. The molecule has 0 saturated carbocycles. The number of hydrogen-bond acceptors (Lipinski definition) is 14. The lowest BCUT2D eigenvalue weighted by atomic mass is 9.77. The number of aliphatic hydroxyl groups is 1. The Balaban J connectivity index is 2.33. The van der Waals surface area contributed by atoms with Gasteiger partial charge in [0.1, 0.15) is 66.5 Å². The molecule has 0 aromatic rings. The monoisotopic (exact) mass is 1300 g/mol. The Morgan fingerprint density at radius 2 is 0.957 bits per heavy atom. The van der Waals surface area contributed by atoms with E-state index >= 15 is 24.0 Å². The number of rotatable bonds is 16. The predicted octanol–water partition coefficient (Wildman–Crippen LogP) is 2.58. The maximum absolute atomic E-state index is 15.3. The van der Waals surface area contributed by atoms with Gasteiger partial charge in [-0.15, -0.1) is 0 Å². The van der Waals surface area contributed by atoms with E-state index in [1.807, 2.05) is 54.5 Å². The topological polar surface area (TPSA) is 291 Å². The molecule has 0 unspecified atom stereocenters. The molecule has 3 aliphatic rings. The summed E-state index contributed by atoms with van der Waals surface area (Å²) in [4.78, 5) is 174. The van der Waals surface area contributed by atoms with Gasteiger partial charge < -0.3 is 70.3 Å². The van der Waals surface area contributed by atoms with Gasteiger partial charge in [0.2, 0.25) is 65.0 Å². The number of allylic oxidation sites excluding steroid dienone is 2. The summed E-state index contributed by atoms with van der Waals surface area (Å²) in [6, 6.07) is -13.8. The highest BCUT2D eigenvalue weighted by molar-refractivity contribution is 6.00. The number of ether oxygens (including phenoxy) is 1. The Bertz CT molecular complexity index is 2600. The molecule has 5 N–H and O–H groups in total. The molecule has 0 aromatic carbocycles. The number of nitrogens with one attached hydrogen (secondary N) is 4. The quantitative estimate of drug-likeness (QED) is 0.139. The third kappa shape index (κ3) is 19.9. The lowest BCUT2D eigenvalue weighted by molar-refractivity contribution is -0.192. The van der Waals surface area contributed by atoms with Gasteiger partial charge in [-0.05, 0) is 101 Å². The van der Waals surface area contributed by atoms with Crippen LogP contribution in [-0.4, -0.2) is 264 Å². The highest BCUT2D eigenvalue weighted by Crippen LogP contribution is 2.38. The molecule has 14 atom stereocenters. The van der Waals surface area contributed by atoms with Gasteiger partial charge in [-0.2, -0.15) is 0 Å². The van der Waals surface area contributed by atoms with E-state index in [0.717, 1.165) is 18.0 Å². The number of carbonyl (C=O) groups is 11. The fraction of sp³-hybridized carbons (Fsp3) is 0.806. The molecule has 3 aliphatic heterocycles. The first kappa shape index (κ1) is 80.0. The summed E-state index contributed by atoms with van der Waals surface area (Å²) in [6.45, 7) is 32.6. The number of carbonyl (C=O) groups excluding carboxylic acids is 11. The van der Waals surface area contributed by atoms with Crippen molar-refractivity contribution in [1.29, 1.82) is 0 Å². The van der Waals surface area contributed by atoms with Gasteiger partial charge in [0.05, 0.1) is 19.3 Å². The number of aliphatic hydroxyl groups excluding tert-OH is 1. The summed E-state index contributed by atoms with van der Waals surface area (Å²) >= 11 is 0. The minimum Gasteiger partial charge on any atom is -0.390 e. The molecular formula is C67H118N12O13. The number of likely N-dealkylation sites (tertiary alicyclic amines) is 1. The Hall–Kier alpha value is -6.21. The van der Waals surface area contributed by atoms with E-state index in [-0.39, 0.29) is 48.9 Å². The molecule has 92 heavy (non-hydrogen) atoms. The molecular weight excluding hydrogens is 1180 g/mol. The SMILES string of the molecule is C/C=C/C[C@@H](C)[C@@H](O)[C@H]1C(=O)N[C@@H](CC)C(=O)N(C)[C@H](C)C(=O)N(C)[C@@H]([C@H](C)CN2CC3(COC3)C2)C(=O)N[C@@H](C(C)C)C(=O)N(C)[C@@H](CC(C)C)C(=O)N[C@@H](C)C(=O)N[C@H](C)C(=O)N(C)[C@@H](CC(C)C)C(=O)N(C)[C@@H](CC(C)C)C(=O)N(C)[C@@H](C(C)C)C(=O)N1C. The van der Waals surface area contributed by atoms with Gasteiger partial charge in [-0.25, -0.2) is 0 Å². The number of nitrogens with zero attached hydrogens (tertiary/aromatic N) is 8. The largest absolute Gasteiger partial charge is 0.390 e. The summed E-state index contributed by atoms with van der Waals surface area (Å²) in [5.74, 6) is -10.2. The number of likely N-dealkylation sites (N-methyl/N-ethyl adjacent to an activating group) is 7. The second kappa shape index (κ2) is 34.8. The highest BCUT2D eigenvalue weighted by Gasteiger charge is 2.51. The highest BCUT2D eigenvalue weighted by atomic mass is 16.5. The lowest BCUT2D eigenvalue weighted by Crippen LogP contribution is -2.67. The molecule has 3 rings (SSSR count). The van der Waals surface area contributed by atoms with Crippen LogP contribution in [0.25, 0.3) is 0 Å². The molecule has 1 spiro atoms. The normalized spacial score (nSPS) is 29.0. The second-order valence-corrected chi connectivity index (χ2v) is 28.9. The first-order valence-corrected chi connectivity index (χ1v) is 33.3. The van der Waals surface area contributed by atoms with Crippen molar-refractivity contribution in [3.05, 3.63) is 12.2 Å². The molecule has 3 saturated heterocycles. The Kier molecular flexibility index (Phi) is 30.3. The van der Waals surface area contributed by atoms with Crippen LogP contribution in [0.15, 0.2) is 12.2 Å². The predicted molar refractivity (Wildman–Crippen MR) is 352 cm³/mol. The molecule has 0 aliphatic carbocycles. The molecule has 0 bridgehead atoms. The van der Waals surface area contributed by atoms with Crippen molar-refractivity contribution < 1.29 is 62.6 Å². The zero-order valence-electron chi connectivity index (χ0n) is 60.1. The molecule has 25 heteroatoms. The minimum atomic E-state index is -1.63. The Morgan fingerprint density at radius 1 is 0.500 bits per heavy atom. The van der Waals surface area contributed by atoms with E-state index in [9.17, 15) is 33.9 Å². The van der Waals surface area contributed by atoms with Crippen LogP contribution >= 0.6 is 0 Å². The van der Waals surface area contributed by atoms with Crippen molar-refractivity contribution in [2.24, 2.45) is 46.8 Å². The van der Waals surface area contributed by atoms with E-state index in [2.05, 4.69) is 26.2 Å². The van der Waals surface area contributed by atoms with Gasteiger partial charge in [-0.1, -0.05) is 102 Å².